The molecule has 0 amide bonds. The van der Waals surface area contributed by atoms with Crippen molar-refractivity contribution in [1.82, 2.24) is 0 Å². The second kappa shape index (κ2) is 33.8. The van der Waals surface area contributed by atoms with Crippen molar-refractivity contribution in [3.8, 4) is 0 Å². The molecule has 0 heterocycles. The van der Waals surface area contributed by atoms with E-state index in [-0.39, 0.29) is 24.1 Å². The first-order chi connectivity index (χ1) is 22.4. The van der Waals surface area contributed by atoms with Gasteiger partial charge in [-0.15, -0.1) is 0 Å². The SMILES string of the molecule is CCCCCCCCCC(CC(CC)CCCC)OC(=O)CCCCC(=O)OC(CCCCCCCCC)CC(CC)CCCC. The number of carbonyl (C=O) groups is 2. The lowest BCUT2D eigenvalue weighted by atomic mass is 9.91. The minimum absolute atomic E-state index is 0.0431. The Morgan fingerprint density at radius 2 is 0.717 bits per heavy atom. The van der Waals surface area contributed by atoms with Crippen LogP contribution in [0.4, 0.5) is 0 Å². The molecule has 46 heavy (non-hydrogen) atoms. The lowest BCUT2D eigenvalue weighted by molar-refractivity contribution is -0.152. The number of carbonyl (C=O) groups excluding carboxylic acids is 2. The van der Waals surface area contributed by atoms with Crippen LogP contribution in [0.5, 0.6) is 0 Å². The first-order valence-electron chi connectivity index (χ1n) is 20.8. The third-order valence-electron chi connectivity index (χ3n) is 10.1. The van der Waals surface area contributed by atoms with Gasteiger partial charge in [0.25, 0.3) is 0 Å². The Bertz CT molecular complexity index is 606. The molecule has 4 unspecified atom stereocenters. The van der Waals surface area contributed by atoms with Gasteiger partial charge in [-0.2, -0.15) is 0 Å². The van der Waals surface area contributed by atoms with Crippen LogP contribution in [-0.4, -0.2) is 24.1 Å². The Balaban J connectivity index is 4.73. The van der Waals surface area contributed by atoms with E-state index >= 15 is 0 Å². The van der Waals surface area contributed by atoms with E-state index in [0.717, 1.165) is 51.4 Å². The number of esters is 2. The molecule has 4 heteroatoms. The van der Waals surface area contributed by atoms with E-state index in [1.54, 1.807) is 0 Å². The molecule has 0 spiro atoms. The zero-order chi connectivity index (χ0) is 34.1. The zero-order valence-corrected chi connectivity index (χ0v) is 32.2. The fraction of sp³-hybridized carbons (Fsp3) is 0.952. The van der Waals surface area contributed by atoms with Crippen molar-refractivity contribution in [1.29, 1.82) is 0 Å². The molecule has 0 rings (SSSR count). The fourth-order valence-corrected chi connectivity index (χ4v) is 6.84. The molecular weight excluding hydrogens is 568 g/mol. The summed E-state index contributed by atoms with van der Waals surface area (Å²) in [6, 6.07) is 0. The highest BCUT2D eigenvalue weighted by Gasteiger charge is 2.21. The van der Waals surface area contributed by atoms with Gasteiger partial charge in [0.2, 0.25) is 0 Å². The summed E-state index contributed by atoms with van der Waals surface area (Å²) in [5.41, 5.74) is 0. The standard InChI is InChI=1S/C42H82O4/c1-7-13-17-19-21-23-25-31-39(35-37(11-5)29-15-9-3)45-41(43)33-27-28-34-42(44)46-40(36-38(12-6)30-16-10-4)32-26-24-22-20-18-14-8-2/h37-40H,7-36H2,1-6H3. The molecule has 0 saturated heterocycles. The molecular formula is C42H82O4. The third kappa shape index (κ3) is 28.0. The van der Waals surface area contributed by atoms with E-state index in [9.17, 15) is 9.59 Å². The molecule has 274 valence electrons. The predicted molar refractivity (Wildman–Crippen MR) is 199 cm³/mol. The molecule has 0 aromatic heterocycles. The van der Waals surface area contributed by atoms with Crippen molar-refractivity contribution in [2.24, 2.45) is 11.8 Å². The highest BCUT2D eigenvalue weighted by molar-refractivity contribution is 5.70. The number of hydrogen-bond acceptors (Lipinski definition) is 4. The van der Waals surface area contributed by atoms with Gasteiger partial charge in [-0.3, -0.25) is 9.59 Å². The van der Waals surface area contributed by atoms with Crippen molar-refractivity contribution in [3.63, 3.8) is 0 Å². The summed E-state index contributed by atoms with van der Waals surface area (Å²) in [4.78, 5) is 25.8. The monoisotopic (exact) mass is 651 g/mol. The van der Waals surface area contributed by atoms with Crippen molar-refractivity contribution in [2.45, 2.75) is 246 Å². The molecule has 0 aliphatic rings. The molecule has 0 aromatic carbocycles. The lowest BCUT2D eigenvalue weighted by Crippen LogP contribution is -2.22. The quantitative estimate of drug-likeness (QED) is 0.0506. The van der Waals surface area contributed by atoms with Crippen LogP contribution in [0.15, 0.2) is 0 Å². The average Bonchev–Trinajstić information content (AvgIpc) is 3.05. The maximum Gasteiger partial charge on any atom is 0.306 e. The van der Waals surface area contributed by atoms with Gasteiger partial charge in [-0.1, -0.05) is 170 Å². The van der Waals surface area contributed by atoms with E-state index in [1.165, 1.54) is 116 Å². The molecule has 0 bridgehead atoms. The first-order valence-corrected chi connectivity index (χ1v) is 20.8. The number of hydrogen-bond donors (Lipinski definition) is 0. The molecule has 0 fully saturated rings. The normalized spacial score (nSPS) is 14.1. The molecule has 0 radical (unpaired) electrons. The number of ether oxygens (including phenoxy) is 2. The van der Waals surface area contributed by atoms with Crippen LogP contribution in [0.3, 0.4) is 0 Å². The Kier molecular flexibility index (Phi) is 33.0. The van der Waals surface area contributed by atoms with E-state index in [4.69, 9.17) is 9.47 Å². The van der Waals surface area contributed by atoms with Crippen LogP contribution in [0.2, 0.25) is 0 Å². The smallest absolute Gasteiger partial charge is 0.306 e. The number of rotatable bonds is 35. The zero-order valence-electron chi connectivity index (χ0n) is 32.2. The minimum Gasteiger partial charge on any atom is -0.462 e. The second-order valence-electron chi connectivity index (χ2n) is 14.6. The van der Waals surface area contributed by atoms with Gasteiger partial charge in [0.1, 0.15) is 12.2 Å². The summed E-state index contributed by atoms with van der Waals surface area (Å²) >= 11 is 0. The van der Waals surface area contributed by atoms with Crippen LogP contribution < -0.4 is 0 Å². The van der Waals surface area contributed by atoms with Gasteiger partial charge in [0.15, 0.2) is 0 Å². The van der Waals surface area contributed by atoms with Crippen molar-refractivity contribution < 1.29 is 19.1 Å². The molecule has 0 N–H and O–H groups in total. The average molecular weight is 651 g/mol. The highest BCUT2D eigenvalue weighted by Crippen LogP contribution is 2.26. The van der Waals surface area contributed by atoms with Gasteiger partial charge in [-0.05, 0) is 63.2 Å². The topological polar surface area (TPSA) is 52.6 Å². The van der Waals surface area contributed by atoms with E-state index in [0.29, 0.717) is 37.5 Å². The van der Waals surface area contributed by atoms with Gasteiger partial charge in [0, 0.05) is 12.8 Å². The molecule has 4 atom stereocenters. The van der Waals surface area contributed by atoms with Gasteiger partial charge in [0.05, 0.1) is 0 Å². The molecule has 0 aliphatic heterocycles. The second-order valence-corrected chi connectivity index (χ2v) is 14.6. The van der Waals surface area contributed by atoms with Gasteiger partial charge < -0.3 is 9.47 Å². The summed E-state index contributed by atoms with van der Waals surface area (Å²) < 4.78 is 12.2. The third-order valence-corrected chi connectivity index (χ3v) is 10.1. The molecule has 0 aliphatic carbocycles. The highest BCUT2D eigenvalue weighted by atomic mass is 16.5. The largest absolute Gasteiger partial charge is 0.462 e. The maximum atomic E-state index is 12.9. The van der Waals surface area contributed by atoms with E-state index in [1.807, 2.05) is 0 Å². The summed E-state index contributed by atoms with van der Waals surface area (Å²) in [6.07, 6.45) is 34.0. The maximum absolute atomic E-state index is 12.9. The minimum atomic E-state index is -0.0785. The summed E-state index contributed by atoms with van der Waals surface area (Å²) in [5.74, 6) is 1.12. The summed E-state index contributed by atoms with van der Waals surface area (Å²) in [7, 11) is 0. The first kappa shape index (κ1) is 44.9. The van der Waals surface area contributed by atoms with Crippen LogP contribution in [0, 0.1) is 11.8 Å². The lowest BCUT2D eigenvalue weighted by Gasteiger charge is -2.24. The summed E-state index contributed by atoms with van der Waals surface area (Å²) in [6.45, 7) is 13.6. The Hall–Kier alpha value is -1.06. The predicted octanol–water partition coefficient (Wildman–Crippen LogP) is 13.9. The van der Waals surface area contributed by atoms with Crippen molar-refractivity contribution >= 4 is 11.9 Å². The molecule has 0 saturated carbocycles. The number of unbranched alkanes of at least 4 members (excludes halogenated alkanes) is 15. The van der Waals surface area contributed by atoms with Crippen LogP contribution in [0.1, 0.15) is 234 Å². The Labute approximate surface area is 288 Å². The Morgan fingerprint density at radius 1 is 0.391 bits per heavy atom. The van der Waals surface area contributed by atoms with E-state index < -0.39 is 0 Å². The van der Waals surface area contributed by atoms with Crippen LogP contribution in [-0.2, 0) is 19.1 Å². The fourth-order valence-electron chi connectivity index (χ4n) is 6.84. The van der Waals surface area contributed by atoms with Crippen molar-refractivity contribution in [2.75, 3.05) is 0 Å². The van der Waals surface area contributed by atoms with E-state index in [2.05, 4.69) is 41.5 Å². The van der Waals surface area contributed by atoms with Gasteiger partial charge >= 0.3 is 11.9 Å². The Morgan fingerprint density at radius 3 is 1.04 bits per heavy atom. The van der Waals surface area contributed by atoms with Crippen molar-refractivity contribution in [3.05, 3.63) is 0 Å². The summed E-state index contributed by atoms with van der Waals surface area (Å²) in [5, 5.41) is 0. The van der Waals surface area contributed by atoms with Crippen LogP contribution >= 0.6 is 0 Å². The molecule has 0 aromatic rings. The molecule has 4 nitrogen and oxygen atoms in total. The van der Waals surface area contributed by atoms with Gasteiger partial charge in [-0.25, -0.2) is 0 Å². The van der Waals surface area contributed by atoms with Crippen LogP contribution in [0.25, 0.3) is 0 Å².